The molecule has 2 heterocycles. The van der Waals surface area contributed by atoms with Crippen molar-refractivity contribution in [2.45, 2.75) is 18.8 Å². The highest BCUT2D eigenvalue weighted by atomic mass is 35.5. The molecule has 9 rings (SSSR count). The van der Waals surface area contributed by atoms with Gasteiger partial charge in [0.25, 0.3) is 0 Å². The molecule has 336 valence electrons. The fourth-order valence-electron chi connectivity index (χ4n) is 10.2. The van der Waals surface area contributed by atoms with Gasteiger partial charge in [-0.2, -0.15) is 0 Å². The van der Waals surface area contributed by atoms with Crippen molar-refractivity contribution in [1.82, 2.24) is 0 Å². The van der Waals surface area contributed by atoms with E-state index in [1.807, 2.05) is 91.0 Å². The van der Waals surface area contributed by atoms with Gasteiger partial charge in [0.2, 0.25) is 23.6 Å². The van der Waals surface area contributed by atoms with Crippen LogP contribution in [0.5, 0.6) is 34.5 Å². The smallest absolute Gasteiger partial charge is 0.238 e. The number of benzene rings is 5. The maximum Gasteiger partial charge on any atom is 0.238 e. The number of fused-ring (bicyclic) bond motifs is 4. The minimum atomic E-state index is -0.859. The molecule has 3 fully saturated rings. The standard InChI is InChI=1S/C53H47ClN2O10/c1-62-36-18-22-43(64-3)31(24-36)12-6-29-8-14-34(15-9-29)55-50(58)39-21-20-38-40(47(39)52(55)60)28-41-48(46(38)33-26-42(54)49(57)45(27-33)66-5)53(61)56(51(41)59)35-16-10-30(11-17-35)7-13-32-25-37(63-2)19-23-44(32)65-4/h6-20,22-27,39-41,46-48,57H,21,28H2,1-5H3. The Kier molecular flexibility index (Phi) is 11.9. The van der Waals surface area contributed by atoms with Crippen molar-refractivity contribution >= 4 is 70.9 Å². The Morgan fingerprint density at radius 1 is 0.545 bits per heavy atom. The second kappa shape index (κ2) is 17.9. The van der Waals surface area contributed by atoms with Crippen LogP contribution in [0.1, 0.15) is 46.6 Å². The number of carbonyl (C=O) groups is 4. The molecule has 6 atom stereocenters. The van der Waals surface area contributed by atoms with E-state index in [1.165, 1.54) is 16.9 Å². The Morgan fingerprint density at radius 2 is 1.05 bits per heavy atom. The van der Waals surface area contributed by atoms with E-state index in [9.17, 15) is 24.3 Å². The number of aromatic hydroxyl groups is 1. The SMILES string of the molecule is COc1ccc(OC)c(C=Cc2ccc(N3C(=O)C4CC=C5C(CC6C(=O)N(c7ccc(C=Cc8cc(OC)ccc8OC)cc7)C(=O)C6C5c5cc(Cl)c(O)c(OC)c5)C4C3=O)cc2)c1. The number of rotatable bonds is 12. The summed E-state index contributed by atoms with van der Waals surface area (Å²) in [6.45, 7) is 0. The quantitative estimate of drug-likeness (QED) is 0.0731. The number of allylic oxidation sites excluding steroid dienone is 2. The van der Waals surface area contributed by atoms with E-state index in [1.54, 1.807) is 64.8 Å². The van der Waals surface area contributed by atoms with Crippen LogP contribution in [-0.2, 0) is 19.2 Å². The number of ether oxygens (including phenoxy) is 5. The summed E-state index contributed by atoms with van der Waals surface area (Å²) >= 11 is 6.59. The van der Waals surface area contributed by atoms with E-state index >= 15 is 0 Å². The zero-order valence-electron chi connectivity index (χ0n) is 36.9. The summed E-state index contributed by atoms with van der Waals surface area (Å²) in [6.07, 6.45) is 10.0. The van der Waals surface area contributed by atoms with Crippen LogP contribution < -0.4 is 33.5 Å². The van der Waals surface area contributed by atoms with Gasteiger partial charge in [-0.25, -0.2) is 0 Å². The van der Waals surface area contributed by atoms with Crippen LogP contribution in [0.15, 0.2) is 109 Å². The lowest BCUT2D eigenvalue weighted by Gasteiger charge is -2.44. The minimum Gasteiger partial charge on any atom is -0.503 e. The zero-order valence-corrected chi connectivity index (χ0v) is 37.7. The van der Waals surface area contributed by atoms with Gasteiger partial charge in [-0.15, -0.1) is 0 Å². The highest BCUT2D eigenvalue weighted by Gasteiger charge is 2.62. The van der Waals surface area contributed by atoms with Crippen LogP contribution in [0.3, 0.4) is 0 Å². The van der Waals surface area contributed by atoms with Gasteiger partial charge < -0.3 is 28.8 Å². The van der Waals surface area contributed by atoms with Crippen molar-refractivity contribution in [3.05, 3.63) is 142 Å². The second-order valence-electron chi connectivity index (χ2n) is 16.7. The molecular weight excluding hydrogens is 860 g/mol. The summed E-state index contributed by atoms with van der Waals surface area (Å²) in [7, 11) is 7.80. The number of halogens is 1. The summed E-state index contributed by atoms with van der Waals surface area (Å²) < 4.78 is 27.3. The third-order valence-electron chi connectivity index (χ3n) is 13.4. The molecule has 5 aromatic rings. The number of hydrogen-bond acceptors (Lipinski definition) is 10. The number of anilines is 2. The predicted molar refractivity (Wildman–Crippen MR) is 252 cm³/mol. The van der Waals surface area contributed by atoms with E-state index in [-0.39, 0.29) is 47.1 Å². The molecule has 0 aromatic heterocycles. The topological polar surface area (TPSA) is 141 Å². The van der Waals surface area contributed by atoms with Crippen LogP contribution in [0, 0.1) is 29.6 Å². The van der Waals surface area contributed by atoms with E-state index in [0.717, 1.165) is 27.8 Å². The van der Waals surface area contributed by atoms with Crippen molar-refractivity contribution in [1.29, 1.82) is 0 Å². The number of phenols is 1. The first-order chi connectivity index (χ1) is 32.0. The lowest BCUT2D eigenvalue weighted by Crippen LogP contribution is -2.43. The number of phenolic OH excluding ortho intramolecular Hbond substituents is 1. The molecule has 1 N–H and O–H groups in total. The van der Waals surface area contributed by atoms with Crippen LogP contribution in [0.25, 0.3) is 24.3 Å². The maximum atomic E-state index is 14.8. The van der Waals surface area contributed by atoms with Gasteiger partial charge >= 0.3 is 0 Å². The summed E-state index contributed by atoms with van der Waals surface area (Å²) in [4.78, 5) is 61.1. The molecule has 5 aromatic carbocycles. The van der Waals surface area contributed by atoms with Crippen molar-refractivity contribution in [2.24, 2.45) is 29.6 Å². The normalized spacial score (nSPS) is 22.4. The number of hydrogen-bond donors (Lipinski definition) is 1. The van der Waals surface area contributed by atoms with Crippen molar-refractivity contribution < 1.29 is 48.0 Å². The average Bonchev–Trinajstić information content (AvgIpc) is 3.75. The fraction of sp³-hybridized carbons (Fsp3) is 0.245. The van der Waals surface area contributed by atoms with E-state index < -0.39 is 41.4 Å². The molecule has 0 spiro atoms. The second-order valence-corrected chi connectivity index (χ2v) is 17.1. The van der Waals surface area contributed by atoms with Gasteiger partial charge in [-0.05, 0) is 108 Å². The van der Waals surface area contributed by atoms with Crippen LogP contribution >= 0.6 is 11.6 Å². The molecule has 13 heteroatoms. The largest absolute Gasteiger partial charge is 0.503 e. The molecule has 66 heavy (non-hydrogen) atoms. The van der Waals surface area contributed by atoms with Crippen molar-refractivity contribution in [3.63, 3.8) is 0 Å². The first-order valence-corrected chi connectivity index (χ1v) is 21.9. The molecular formula is C53H47ClN2O10. The molecule has 2 aliphatic heterocycles. The first-order valence-electron chi connectivity index (χ1n) is 21.5. The Bertz CT molecular complexity index is 2850. The molecule has 4 aliphatic rings. The predicted octanol–water partition coefficient (Wildman–Crippen LogP) is 9.47. The molecule has 0 radical (unpaired) electrons. The van der Waals surface area contributed by atoms with Gasteiger partial charge in [0, 0.05) is 17.0 Å². The lowest BCUT2D eigenvalue weighted by atomic mass is 9.57. The summed E-state index contributed by atoms with van der Waals surface area (Å²) in [5.74, 6) is -3.27. The summed E-state index contributed by atoms with van der Waals surface area (Å²) in [5, 5.41) is 10.8. The van der Waals surface area contributed by atoms with E-state index in [0.29, 0.717) is 39.9 Å². The van der Waals surface area contributed by atoms with Crippen LogP contribution in [-0.4, -0.2) is 64.3 Å². The summed E-state index contributed by atoms with van der Waals surface area (Å²) in [5.41, 5.74) is 5.47. The van der Waals surface area contributed by atoms with Crippen molar-refractivity contribution in [2.75, 3.05) is 45.3 Å². The van der Waals surface area contributed by atoms with Gasteiger partial charge in [-0.3, -0.25) is 29.0 Å². The number of nitrogens with zero attached hydrogens (tertiary/aromatic N) is 2. The van der Waals surface area contributed by atoms with Gasteiger partial charge in [0.1, 0.15) is 23.0 Å². The molecule has 0 bridgehead atoms. The Hall–Kier alpha value is -7.31. The molecule has 6 unspecified atom stereocenters. The molecule has 2 saturated heterocycles. The number of methoxy groups -OCH3 is 5. The van der Waals surface area contributed by atoms with Gasteiger partial charge in [0.15, 0.2) is 11.5 Å². The Labute approximate surface area is 387 Å². The van der Waals surface area contributed by atoms with Gasteiger partial charge in [-0.1, -0.05) is 71.8 Å². The Balaban J connectivity index is 1.02. The molecule has 1 saturated carbocycles. The lowest BCUT2D eigenvalue weighted by molar-refractivity contribution is -0.126. The zero-order chi connectivity index (χ0) is 46.4. The Morgan fingerprint density at radius 3 is 1.55 bits per heavy atom. The van der Waals surface area contributed by atoms with E-state index in [2.05, 4.69) is 0 Å². The fourth-order valence-corrected chi connectivity index (χ4v) is 10.4. The minimum absolute atomic E-state index is 0.0142. The summed E-state index contributed by atoms with van der Waals surface area (Å²) in [6, 6.07) is 28.5. The van der Waals surface area contributed by atoms with Crippen molar-refractivity contribution in [3.8, 4) is 34.5 Å². The molecule has 12 nitrogen and oxygen atoms in total. The van der Waals surface area contributed by atoms with Gasteiger partial charge in [0.05, 0.1) is 75.6 Å². The maximum absolute atomic E-state index is 14.8. The highest BCUT2D eigenvalue weighted by molar-refractivity contribution is 6.32. The monoisotopic (exact) mass is 906 g/mol. The average molecular weight is 907 g/mol. The van der Waals surface area contributed by atoms with Crippen LogP contribution in [0.4, 0.5) is 11.4 Å². The third-order valence-corrected chi connectivity index (χ3v) is 13.7. The third kappa shape index (κ3) is 7.64. The number of imide groups is 2. The van der Waals surface area contributed by atoms with E-state index in [4.69, 9.17) is 35.3 Å². The molecule has 4 amide bonds. The highest BCUT2D eigenvalue weighted by Crippen LogP contribution is 2.59. The first kappa shape index (κ1) is 43.9. The molecule has 2 aliphatic carbocycles. The van der Waals surface area contributed by atoms with Crippen LogP contribution in [0.2, 0.25) is 5.02 Å². The number of amides is 4. The number of carbonyl (C=O) groups excluding carboxylic acids is 4.